The largest absolute Gasteiger partial charge is 0.467 e. The maximum absolute atomic E-state index is 13.1. The Labute approximate surface area is 154 Å². The molecule has 0 bridgehead atoms. The molecule has 0 N–H and O–H groups in total. The number of hydrogen-bond acceptors (Lipinski definition) is 3. The Morgan fingerprint density at radius 2 is 1.62 bits per heavy atom. The number of hydrogen-bond donors (Lipinski definition) is 0. The molecule has 1 unspecified atom stereocenters. The van der Waals surface area contributed by atoms with Crippen LogP contribution in [0.15, 0.2) is 83.5 Å². The summed E-state index contributed by atoms with van der Waals surface area (Å²) in [5.41, 5.74) is 2.06. The number of nitrogens with zero attached hydrogens (tertiary/aromatic N) is 2. The number of benzene rings is 2. The molecule has 0 spiro atoms. The normalized spacial score (nSPS) is 12.1. The van der Waals surface area contributed by atoms with Crippen LogP contribution in [-0.2, 0) is 11.3 Å². The maximum Gasteiger partial charge on any atom is 0.241 e. The topological polar surface area (TPSA) is 36.7 Å². The van der Waals surface area contributed by atoms with Gasteiger partial charge in [0, 0.05) is 11.7 Å². The summed E-state index contributed by atoms with van der Waals surface area (Å²) in [6.07, 6.45) is 1.63. The summed E-state index contributed by atoms with van der Waals surface area (Å²) in [6, 6.07) is 23.8. The average Bonchev–Trinajstić information content (AvgIpc) is 3.20. The van der Waals surface area contributed by atoms with Crippen LogP contribution >= 0.6 is 0 Å². The van der Waals surface area contributed by atoms with Gasteiger partial charge in [-0.15, -0.1) is 0 Å². The van der Waals surface area contributed by atoms with Gasteiger partial charge >= 0.3 is 0 Å². The molecule has 0 saturated carbocycles. The van der Waals surface area contributed by atoms with Gasteiger partial charge in [0.1, 0.15) is 5.76 Å². The minimum Gasteiger partial charge on any atom is -0.467 e. The minimum absolute atomic E-state index is 0.0397. The lowest BCUT2D eigenvalue weighted by molar-refractivity contribution is -0.120. The third kappa shape index (κ3) is 4.41. The Kier molecular flexibility index (Phi) is 5.87. The first-order valence-corrected chi connectivity index (χ1v) is 8.78. The van der Waals surface area contributed by atoms with E-state index in [9.17, 15) is 4.79 Å². The second-order valence-corrected chi connectivity index (χ2v) is 6.40. The number of likely N-dealkylation sites (N-methyl/N-ethyl adjacent to an activating group) is 1. The molecule has 2 aromatic carbocycles. The van der Waals surface area contributed by atoms with Crippen molar-refractivity contribution in [2.24, 2.45) is 0 Å². The fraction of sp³-hybridized carbons (Fsp3) is 0.227. The Morgan fingerprint density at radius 1 is 0.962 bits per heavy atom. The third-order valence-electron chi connectivity index (χ3n) is 4.59. The van der Waals surface area contributed by atoms with Gasteiger partial charge in [0.15, 0.2) is 0 Å². The van der Waals surface area contributed by atoms with Gasteiger partial charge in [-0.05, 0) is 43.8 Å². The lowest BCUT2D eigenvalue weighted by Crippen LogP contribution is -2.39. The smallest absolute Gasteiger partial charge is 0.241 e. The van der Waals surface area contributed by atoms with Gasteiger partial charge in [0.2, 0.25) is 5.91 Å². The van der Waals surface area contributed by atoms with Crippen LogP contribution in [0.4, 0.5) is 5.69 Å². The Bertz CT molecular complexity index is 801. The standard InChI is InChI=1S/C22H24N2O2/c1-18(19-10-5-3-6-11-19)23(2)17-22(25)24(16-21-14-9-15-26-21)20-12-7-4-8-13-20/h3-15,18H,16-17H2,1-2H3. The molecule has 1 aromatic heterocycles. The van der Waals surface area contributed by atoms with Crippen LogP contribution in [-0.4, -0.2) is 24.4 Å². The molecule has 26 heavy (non-hydrogen) atoms. The van der Waals surface area contributed by atoms with Gasteiger partial charge in [0.05, 0.1) is 19.4 Å². The number of rotatable bonds is 7. The first kappa shape index (κ1) is 18.0. The van der Waals surface area contributed by atoms with E-state index in [1.165, 1.54) is 5.56 Å². The van der Waals surface area contributed by atoms with E-state index >= 15 is 0 Å². The average molecular weight is 348 g/mol. The van der Waals surface area contributed by atoms with E-state index in [-0.39, 0.29) is 11.9 Å². The molecule has 0 saturated heterocycles. The quantitative estimate of drug-likeness (QED) is 0.630. The lowest BCUT2D eigenvalue weighted by atomic mass is 10.1. The molecule has 0 aliphatic heterocycles. The molecular weight excluding hydrogens is 324 g/mol. The van der Waals surface area contributed by atoms with Crippen molar-refractivity contribution in [3.05, 3.63) is 90.4 Å². The summed E-state index contributed by atoms with van der Waals surface area (Å²) in [6.45, 7) is 2.86. The van der Waals surface area contributed by atoms with Crippen molar-refractivity contribution in [3.63, 3.8) is 0 Å². The number of para-hydroxylation sites is 1. The molecule has 1 heterocycles. The molecule has 4 nitrogen and oxygen atoms in total. The van der Waals surface area contributed by atoms with Crippen LogP contribution in [0.1, 0.15) is 24.3 Å². The van der Waals surface area contributed by atoms with Crippen LogP contribution in [0, 0.1) is 0 Å². The van der Waals surface area contributed by atoms with Crippen LogP contribution < -0.4 is 4.90 Å². The number of carbonyl (C=O) groups excluding carboxylic acids is 1. The Hall–Kier alpha value is -2.85. The predicted molar refractivity (Wildman–Crippen MR) is 104 cm³/mol. The van der Waals surface area contributed by atoms with E-state index in [4.69, 9.17) is 4.42 Å². The van der Waals surface area contributed by atoms with Gasteiger partial charge in [0.25, 0.3) is 0 Å². The summed E-state index contributed by atoms with van der Waals surface area (Å²) in [5, 5.41) is 0. The first-order valence-electron chi connectivity index (χ1n) is 8.78. The summed E-state index contributed by atoms with van der Waals surface area (Å²) in [7, 11) is 1.98. The molecule has 0 radical (unpaired) electrons. The zero-order valence-corrected chi connectivity index (χ0v) is 15.2. The molecule has 0 aliphatic carbocycles. The van der Waals surface area contributed by atoms with Crippen molar-refractivity contribution < 1.29 is 9.21 Å². The highest BCUT2D eigenvalue weighted by Gasteiger charge is 2.21. The summed E-state index contributed by atoms with van der Waals surface area (Å²) < 4.78 is 5.45. The number of furan rings is 1. The van der Waals surface area contributed by atoms with Crippen LogP contribution in [0.3, 0.4) is 0 Å². The second-order valence-electron chi connectivity index (χ2n) is 6.40. The van der Waals surface area contributed by atoms with E-state index in [0.29, 0.717) is 13.1 Å². The molecule has 0 fully saturated rings. The Morgan fingerprint density at radius 3 is 2.23 bits per heavy atom. The van der Waals surface area contributed by atoms with Gasteiger partial charge in [-0.2, -0.15) is 0 Å². The lowest BCUT2D eigenvalue weighted by Gasteiger charge is -2.28. The summed E-state index contributed by atoms with van der Waals surface area (Å²) in [4.78, 5) is 16.9. The zero-order valence-electron chi connectivity index (χ0n) is 15.2. The first-order chi connectivity index (χ1) is 12.6. The van der Waals surface area contributed by atoms with Crippen molar-refractivity contribution >= 4 is 11.6 Å². The molecule has 1 atom stereocenters. The minimum atomic E-state index is 0.0397. The fourth-order valence-corrected chi connectivity index (χ4v) is 2.91. The van der Waals surface area contributed by atoms with Crippen molar-refractivity contribution in [1.29, 1.82) is 0 Å². The van der Waals surface area contributed by atoms with E-state index in [1.54, 1.807) is 11.2 Å². The highest BCUT2D eigenvalue weighted by molar-refractivity contribution is 5.94. The maximum atomic E-state index is 13.1. The molecule has 3 aromatic rings. The molecule has 134 valence electrons. The van der Waals surface area contributed by atoms with Gasteiger partial charge in [-0.25, -0.2) is 0 Å². The van der Waals surface area contributed by atoms with Crippen LogP contribution in [0.2, 0.25) is 0 Å². The van der Waals surface area contributed by atoms with Crippen molar-refractivity contribution in [2.45, 2.75) is 19.5 Å². The van der Waals surface area contributed by atoms with E-state index in [0.717, 1.165) is 11.4 Å². The molecule has 1 amide bonds. The Balaban J connectivity index is 1.74. The highest BCUT2D eigenvalue weighted by atomic mass is 16.3. The molecule has 4 heteroatoms. The fourth-order valence-electron chi connectivity index (χ4n) is 2.91. The van der Waals surface area contributed by atoms with E-state index in [2.05, 4.69) is 24.0 Å². The van der Waals surface area contributed by atoms with Crippen LogP contribution in [0.25, 0.3) is 0 Å². The summed E-state index contributed by atoms with van der Waals surface area (Å²) >= 11 is 0. The number of anilines is 1. The second kappa shape index (κ2) is 8.50. The van der Waals surface area contributed by atoms with Gasteiger partial charge in [-0.3, -0.25) is 9.69 Å². The van der Waals surface area contributed by atoms with Crippen molar-refractivity contribution in [1.82, 2.24) is 4.90 Å². The van der Waals surface area contributed by atoms with Gasteiger partial charge in [-0.1, -0.05) is 48.5 Å². The molecule has 0 aliphatic rings. The number of amides is 1. The van der Waals surface area contributed by atoms with E-state index in [1.807, 2.05) is 67.7 Å². The van der Waals surface area contributed by atoms with Crippen molar-refractivity contribution in [2.75, 3.05) is 18.5 Å². The number of carbonyl (C=O) groups is 1. The third-order valence-corrected chi connectivity index (χ3v) is 4.59. The SMILES string of the molecule is CC(c1ccccc1)N(C)CC(=O)N(Cc1ccco1)c1ccccc1. The zero-order chi connectivity index (χ0) is 18.4. The van der Waals surface area contributed by atoms with Crippen LogP contribution in [0.5, 0.6) is 0 Å². The molecule has 3 rings (SSSR count). The highest BCUT2D eigenvalue weighted by Crippen LogP contribution is 2.21. The van der Waals surface area contributed by atoms with E-state index < -0.39 is 0 Å². The summed E-state index contributed by atoms with van der Waals surface area (Å²) in [5.74, 6) is 0.804. The molecular formula is C22H24N2O2. The monoisotopic (exact) mass is 348 g/mol. The van der Waals surface area contributed by atoms with Gasteiger partial charge < -0.3 is 9.32 Å². The predicted octanol–water partition coefficient (Wildman–Crippen LogP) is 4.51. The van der Waals surface area contributed by atoms with Crippen molar-refractivity contribution in [3.8, 4) is 0 Å².